The normalized spacial score (nSPS) is 12.3. The zero-order chi connectivity index (χ0) is 19.9. The van der Waals surface area contributed by atoms with E-state index in [0.717, 1.165) is 41.1 Å². The molecule has 0 radical (unpaired) electrons. The van der Waals surface area contributed by atoms with Gasteiger partial charge in [0.2, 0.25) is 0 Å². The topological polar surface area (TPSA) is 65.5 Å². The fourth-order valence-corrected chi connectivity index (χ4v) is 3.72. The maximum absolute atomic E-state index is 5.90. The molecule has 1 atom stereocenters. The second-order valence-corrected chi connectivity index (χ2v) is 8.07. The fraction of sp³-hybridized carbons (Fsp3) is 0.381. The molecule has 7 heteroatoms. The number of likely N-dealkylation sites (N-methyl/N-ethyl adjacent to an activating group) is 1. The van der Waals surface area contributed by atoms with Gasteiger partial charge in [-0.1, -0.05) is 0 Å². The summed E-state index contributed by atoms with van der Waals surface area (Å²) in [6, 6.07) is 10.4. The molecule has 0 spiro atoms. The van der Waals surface area contributed by atoms with Crippen molar-refractivity contribution in [2.45, 2.75) is 26.1 Å². The first kappa shape index (κ1) is 20.4. The highest BCUT2D eigenvalue weighted by atomic mass is 32.1. The van der Waals surface area contributed by atoms with Crippen LogP contribution in [0.25, 0.3) is 0 Å². The van der Waals surface area contributed by atoms with Crippen LogP contribution in [-0.2, 0) is 13.2 Å². The highest BCUT2D eigenvalue weighted by Gasteiger charge is 2.22. The molecule has 0 aliphatic heterocycles. The van der Waals surface area contributed by atoms with E-state index in [0.29, 0.717) is 12.6 Å². The molecule has 0 fully saturated rings. The van der Waals surface area contributed by atoms with E-state index in [-0.39, 0.29) is 0 Å². The summed E-state index contributed by atoms with van der Waals surface area (Å²) in [5.41, 5.74) is 2.14. The number of nitrogens with one attached hydrogen (secondary N) is 1. The molecule has 0 saturated carbocycles. The first-order valence-electron chi connectivity index (χ1n) is 9.42. The van der Waals surface area contributed by atoms with Crippen LogP contribution in [0.1, 0.15) is 28.1 Å². The largest absolute Gasteiger partial charge is 0.493 e. The van der Waals surface area contributed by atoms with E-state index >= 15 is 0 Å². The van der Waals surface area contributed by atoms with Gasteiger partial charge in [-0.25, -0.2) is 4.98 Å². The van der Waals surface area contributed by atoms with Crippen LogP contribution in [0.5, 0.6) is 11.5 Å². The van der Waals surface area contributed by atoms with E-state index in [1.165, 1.54) is 10.5 Å². The molecule has 150 valence electrons. The predicted molar refractivity (Wildman–Crippen MR) is 109 cm³/mol. The van der Waals surface area contributed by atoms with Gasteiger partial charge in [-0.2, -0.15) is 0 Å². The molecule has 0 unspecified atom stereocenters. The third kappa shape index (κ3) is 5.34. The van der Waals surface area contributed by atoms with E-state index in [1.54, 1.807) is 24.7 Å². The third-order valence-electron chi connectivity index (χ3n) is 4.64. The van der Waals surface area contributed by atoms with E-state index in [4.69, 9.17) is 13.9 Å². The standard InChI is InChI=1S/C21H27N3O3S/c1-15-23-17(14-28-15)13-27-20-8-7-16(10-21(20)25-4)11-22-12-18(24(2)3)19-6-5-9-26-19/h5-10,14,18,22H,11-13H2,1-4H3/p+2/t18-/m1/s1. The number of furan rings is 1. The van der Waals surface area contributed by atoms with Crippen molar-refractivity contribution in [3.05, 3.63) is 64.0 Å². The van der Waals surface area contributed by atoms with Crippen LogP contribution in [0.15, 0.2) is 46.4 Å². The number of nitrogens with zero attached hydrogens (tertiary/aromatic N) is 1. The van der Waals surface area contributed by atoms with E-state index in [1.807, 2.05) is 36.6 Å². The van der Waals surface area contributed by atoms with Crippen molar-refractivity contribution in [1.82, 2.24) is 4.98 Å². The summed E-state index contributed by atoms with van der Waals surface area (Å²) < 4.78 is 17.0. The minimum Gasteiger partial charge on any atom is -0.493 e. The van der Waals surface area contributed by atoms with Crippen molar-refractivity contribution in [3.63, 3.8) is 0 Å². The number of nitrogens with two attached hydrogens (primary N) is 1. The summed E-state index contributed by atoms with van der Waals surface area (Å²) in [5.74, 6) is 2.51. The molecule has 2 heterocycles. The van der Waals surface area contributed by atoms with Gasteiger partial charge < -0.3 is 24.1 Å². The number of ether oxygens (including phenoxy) is 2. The van der Waals surface area contributed by atoms with Crippen LogP contribution in [0, 0.1) is 6.92 Å². The van der Waals surface area contributed by atoms with Crippen molar-refractivity contribution in [1.29, 1.82) is 0 Å². The van der Waals surface area contributed by atoms with E-state index in [2.05, 4.69) is 30.5 Å². The van der Waals surface area contributed by atoms with Gasteiger partial charge in [0.1, 0.15) is 19.7 Å². The van der Waals surface area contributed by atoms with E-state index < -0.39 is 0 Å². The van der Waals surface area contributed by atoms with Crippen LogP contribution in [-0.4, -0.2) is 32.7 Å². The van der Waals surface area contributed by atoms with Gasteiger partial charge in [0.15, 0.2) is 23.3 Å². The minimum atomic E-state index is 0.320. The summed E-state index contributed by atoms with van der Waals surface area (Å²) in [7, 11) is 5.98. The summed E-state index contributed by atoms with van der Waals surface area (Å²) in [4.78, 5) is 5.78. The van der Waals surface area contributed by atoms with Gasteiger partial charge in [0, 0.05) is 10.9 Å². The van der Waals surface area contributed by atoms with E-state index in [9.17, 15) is 0 Å². The molecular weight excluding hydrogens is 374 g/mol. The van der Waals surface area contributed by atoms with Crippen molar-refractivity contribution < 1.29 is 24.1 Å². The number of aryl methyl sites for hydroxylation is 1. The molecule has 2 aromatic heterocycles. The summed E-state index contributed by atoms with van der Waals surface area (Å²) >= 11 is 1.63. The summed E-state index contributed by atoms with van der Waals surface area (Å²) in [6.45, 7) is 4.25. The first-order valence-corrected chi connectivity index (χ1v) is 10.3. The van der Waals surface area contributed by atoms with Crippen molar-refractivity contribution in [2.75, 3.05) is 27.7 Å². The molecule has 28 heavy (non-hydrogen) atoms. The Morgan fingerprint density at radius 2 is 2.11 bits per heavy atom. The molecule has 0 aliphatic rings. The summed E-state index contributed by atoms with van der Waals surface area (Å²) in [5, 5.41) is 5.37. The van der Waals surface area contributed by atoms with Gasteiger partial charge in [-0.15, -0.1) is 11.3 Å². The zero-order valence-electron chi connectivity index (χ0n) is 16.9. The number of thiazole rings is 1. The Bertz CT molecular complexity index is 862. The van der Waals surface area contributed by atoms with Gasteiger partial charge >= 0.3 is 0 Å². The molecule has 3 rings (SSSR count). The lowest BCUT2D eigenvalue weighted by molar-refractivity contribution is -0.911. The van der Waals surface area contributed by atoms with Crippen LogP contribution >= 0.6 is 11.3 Å². The smallest absolute Gasteiger partial charge is 0.195 e. The molecule has 3 aromatic rings. The molecule has 3 N–H and O–H groups in total. The first-order chi connectivity index (χ1) is 13.6. The highest BCUT2D eigenvalue weighted by molar-refractivity contribution is 7.09. The summed E-state index contributed by atoms with van der Waals surface area (Å²) in [6.07, 6.45) is 1.74. The molecular formula is C21H29N3O3S+2. The monoisotopic (exact) mass is 403 g/mol. The molecule has 6 nitrogen and oxygen atoms in total. The lowest BCUT2D eigenvalue weighted by Gasteiger charge is -2.18. The van der Waals surface area contributed by atoms with Crippen LogP contribution in [0.4, 0.5) is 0 Å². The van der Waals surface area contributed by atoms with Gasteiger partial charge in [0.25, 0.3) is 0 Å². The zero-order valence-corrected chi connectivity index (χ0v) is 17.7. The lowest BCUT2D eigenvalue weighted by atomic mass is 10.1. The van der Waals surface area contributed by atoms with Gasteiger partial charge in [-0.3, -0.25) is 0 Å². The fourth-order valence-electron chi connectivity index (χ4n) is 3.13. The second-order valence-electron chi connectivity index (χ2n) is 7.01. The Morgan fingerprint density at radius 1 is 1.25 bits per heavy atom. The van der Waals surface area contributed by atoms with Crippen molar-refractivity contribution >= 4 is 11.3 Å². The molecule has 1 aromatic carbocycles. The Morgan fingerprint density at radius 3 is 2.75 bits per heavy atom. The molecule has 0 aliphatic carbocycles. The number of rotatable bonds is 10. The lowest BCUT2D eigenvalue weighted by Crippen LogP contribution is -3.09. The minimum absolute atomic E-state index is 0.320. The average molecular weight is 404 g/mol. The highest BCUT2D eigenvalue weighted by Crippen LogP contribution is 2.28. The number of methoxy groups -OCH3 is 1. The van der Waals surface area contributed by atoms with Crippen LogP contribution in [0.3, 0.4) is 0 Å². The number of hydrogen-bond donors (Lipinski definition) is 2. The molecule has 0 bridgehead atoms. The Balaban J connectivity index is 1.57. The third-order valence-corrected chi connectivity index (χ3v) is 5.46. The average Bonchev–Trinajstić information content (AvgIpc) is 3.35. The number of hydrogen-bond acceptors (Lipinski definition) is 5. The Kier molecular flexibility index (Phi) is 7.08. The van der Waals surface area contributed by atoms with Gasteiger partial charge in [0.05, 0.1) is 38.2 Å². The second kappa shape index (κ2) is 9.73. The van der Waals surface area contributed by atoms with Crippen molar-refractivity contribution in [3.8, 4) is 11.5 Å². The maximum atomic E-state index is 5.90. The SMILES string of the molecule is COc1cc(C[NH2+]C[C@H](c2ccco2)[NH+](C)C)ccc1OCc1csc(C)n1. The number of benzene rings is 1. The van der Waals surface area contributed by atoms with Crippen LogP contribution < -0.4 is 19.7 Å². The predicted octanol–water partition coefficient (Wildman–Crippen LogP) is 1.58. The van der Waals surface area contributed by atoms with Crippen LogP contribution in [0.2, 0.25) is 0 Å². The maximum Gasteiger partial charge on any atom is 0.195 e. The quantitative estimate of drug-likeness (QED) is 0.540. The van der Waals surface area contributed by atoms with Crippen molar-refractivity contribution in [2.24, 2.45) is 0 Å². The molecule has 0 amide bonds. The Labute approximate surface area is 170 Å². The number of quaternary nitrogens is 2. The number of aromatic nitrogens is 1. The molecule has 0 saturated heterocycles. The Hall–Kier alpha value is -2.35. The van der Waals surface area contributed by atoms with Gasteiger partial charge in [-0.05, 0) is 37.3 Å².